The molecule has 3 fully saturated rings. The van der Waals surface area contributed by atoms with Crippen LogP contribution in [0.3, 0.4) is 0 Å². The maximum Gasteiger partial charge on any atom is 0.350 e. The molecule has 25 heavy (non-hydrogen) atoms. The zero-order chi connectivity index (χ0) is 17.9. The quantitative estimate of drug-likeness (QED) is 0.347. The van der Waals surface area contributed by atoms with Crippen molar-refractivity contribution in [3.63, 3.8) is 0 Å². The molecule has 1 radical (unpaired) electrons. The van der Waals surface area contributed by atoms with Gasteiger partial charge in [-0.05, 0) is 55.5 Å². The molecule has 0 heterocycles. The lowest BCUT2D eigenvalue weighted by Gasteiger charge is -2.44. The highest BCUT2D eigenvalue weighted by Gasteiger charge is 2.36. The lowest BCUT2D eigenvalue weighted by Crippen LogP contribution is -2.28. The minimum atomic E-state index is -0.366. The monoisotopic (exact) mass is 429 g/mol. The lowest BCUT2D eigenvalue weighted by atomic mass is 9.99. The van der Waals surface area contributed by atoms with Crippen molar-refractivity contribution >= 4 is 35.7 Å². The summed E-state index contributed by atoms with van der Waals surface area (Å²) in [5.41, 5.74) is 3.57. The molecule has 0 amide bonds. The molecule has 0 aromatic rings. The van der Waals surface area contributed by atoms with Crippen molar-refractivity contribution in [2.24, 2.45) is 0 Å². The summed E-state index contributed by atoms with van der Waals surface area (Å²) < 4.78 is 4.16. The topological polar surface area (TPSA) is 26.3 Å². The average molecular weight is 430 g/mol. The van der Waals surface area contributed by atoms with Gasteiger partial charge in [0.1, 0.15) is 0 Å². The molecule has 143 valence electrons. The van der Waals surface area contributed by atoms with Crippen molar-refractivity contribution in [1.29, 1.82) is 0 Å². The van der Waals surface area contributed by atoms with Crippen LogP contribution in [0.5, 0.6) is 0 Å². The molecule has 5 heteroatoms. The van der Waals surface area contributed by atoms with Gasteiger partial charge in [0.15, 0.2) is 0 Å². The fraction of sp³-hybridized carbons (Fsp3) is 0.950. The molecule has 0 atom stereocenters. The van der Waals surface area contributed by atoms with E-state index in [0.717, 1.165) is 0 Å². The molecule has 0 spiro atoms. The van der Waals surface area contributed by atoms with E-state index in [-0.39, 0.29) is 5.87 Å². The number of halogens is 1. The van der Waals surface area contributed by atoms with E-state index in [1.807, 2.05) is 0 Å². The van der Waals surface area contributed by atoms with Gasteiger partial charge in [0, 0.05) is 0 Å². The maximum absolute atomic E-state index is 9.86. The molecule has 0 bridgehead atoms. The summed E-state index contributed by atoms with van der Waals surface area (Å²) in [6, 6.07) is 0. The number of carbonyl (C=O) groups excluding carboxylic acids is 1. The number of carbonyl (C=O) groups is 1. The summed E-state index contributed by atoms with van der Waals surface area (Å²) in [7, 11) is 1.70. The van der Waals surface area contributed by atoms with Gasteiger partial charge in [0.05, 0.1) is 7.11 Å². The van der Waals surface area contributed by atoms with Gasteiger partial charge >= 0.3 is 6.10 Å². The van der Waals surface area contributed by atoms with Crippen LogP contribution in [0.2, 0.25) is 0 Å². The molecule has 0 aliphatic heterocycles. The first kappa shape index (κ1) is 21.7. The minimum Gasteiger partial charge on any atom is -0.477 e. The molecule has 3 rings (SSSR count). The fourth-order valence-corrected chi connectivity index (χ4v) is 9.94. The SMILES string of the molecule is C1CCC(P(C2CCCCC2)C2CCCCC2)CC1.COC(=O)[B]Br. The highest BCUT2D eigenvalue weighted by Crippen LogP contribution is 2.61. The Bertz CT molecular complexity index is 316. The Hall–Kier alpha value is 0.445. The Kier molecular flexibility index (Phi) is 11.1. The van der Waals surface area contributed by atoms with E-state index >= 15 is 0 Å². The van der Waals surface area contributed by atoms with Crippen molar-refractivity contribution in [2.45, 2.75) is 113 Å². The van der Waals surface area contributed by atoms with Gasteiger partial charge < -0.3 is 4.74 Å². The molecule has 0 saturated heterocycles. The van der Waals surface area contributed by atoms with Crippen LogP contribution in [-0.2, 0) is 4.74 Å². The first-order valence-corrected chi connectivity index (χ1v) is 13.0. The zero-order valence-corrected chi connectivity index (χ0v) is 18.5. The van der Waals surface area contributed by atoms with Crippen LogP contribution in [0.15, 0.2) is 0 Å². The maximum atomic E-state index is 9.86. The Balaban J connectivity index is 0.000000326. The third kappa shape index (κ3) is 7.53. The molecule has 3 aliphatic carbocycles. The molecule has 0 unspecified atom stereocenters. The summed E-state index contributed by atoms with van der Waals surface area (Å²) in [6.45, 7) is 0. The predicted molar refractivity (Wildman–Crippen MR) is 115 cm³/mol. The lowest BCUT2D eigenvalue weighted by molar-refractivity contribution is 0.198. The first-order chi connectivity index (χ1) is 12.3. The third-order valence-electron chi connectivity index (χ3n) is 6.28. The van der Waals surface area contributed by atoms with E-state index in [0.29, 0.717) is 7.92 Å². The number of hydrogen-bond donors (Lipinski definition) is 0. The van der Waals surface area contributed by atoms with Crippen molar-refractivity contribution in [2.75, 3.05) is 7.11 Å². The van der Waals surface area contributed by atoms with Gasteiger partial charge in [-0.3, -0.25) is 4.79 Å². The Morgan fingerprint density at radius 3 is 1.28 bits per heavy atom. The van der Waals surface area contributed by atoms with Crippen molar-refractivity contribution in [3.8, 4) is 0 Å². The van der Waals surface area contributed by atoms with E-state index in [1.54, 1.807) is 77.0 Å². The van der Waals surface area contributed by atoms with E-state index in [1.165, 1.54) is 49.5 Å². The van der Waals surface area contributed by atoms with Gasteiger partial charge in [-0.1, -0.05) is 65.7 Å². The van der Waals surface area contributed by atoms with Gasteiger partial charge in [0.2, 0.25) is 0 Å². The highest BCUT2D eigenvalue weighted by atomic mass is 79.9. The summed E-state index contributed by atoms with van der Waals surface area (Å²) >= 11 is 2.78. The average Bonchev–Trinajstić information content (AvgIpc) is 2.70. The first-order valence-electron chi connectivity index (χ1n) is 10.5. The van der Waals surface area contributed by atoms with Crippen LogP contribution in [-0.4, -0.2) is 36.1 Å². The van der Waals surface area contributed by atoms with Gasteiger partial charge in [-0.15, -0.1) is 15.8 Å². The number of ether oxygens (including phenoxy) is 1. The standard InChI is InChI=1S/C18H33P.C2H3BBrO2/c1-4-10-16(11-5-1)19(17-12-6-2-7-13-17)18-14-8-3-9-15-18;1-6-2(5)3-4/h16-18H,1-15H2;1H3. The van der Waals surface area contributed by atoms with E-state index in [9.17, 15) is 4.79 Å². The van der Waals surface area contributed by atoms with E-state index in [4.69, 9.17) is 0 Å². The Morgan fingerprint density at radius 2 is 1.08 bits per heavy atom. The van der Waals surface area contributed by atoms with Crippen LogP contribution in [0.1, 0.15) is 96.3 Å². The molecule has 0 aromatic carbocycles. The van der Waals surface area contributed by atoms with Crippen molar-refractivity contribution in [3.05, 3.63) is 0 Å². The van der Waals surface area contributed by atoms with Crippen LogP contribution < -0.4 is 0 Å². The largest absolute Gasteiger partial charge is 0.477 e. The summed E-state index contributed by atoms with van der Waals surface area (Å²) in [4.78, 5) is 9.86. The van der Waals surface area contributed by atoms with Gasteiger partial charge in [-0.2, -0.15) is 0 Å². The number of hydrogen-bond acceptors (Lipinski definition) is 2. The Morgan fingerprint density at radius 1 is 0.760 bits per heavy atom. The van der Waals surface area contributed by atoms with Gasteiger partial charge in [0.25, 0.3) is 5.87 Å². The second kappa shape index (κ2) is 12.8. The minimum absolute atomic E-state index is 0.366. The summed E-state index contributed by atoms with van der Waals surface area (Å²) in [5.74, 6) is -0.366. The molecule has 0 aromatic heterocycles. The van der Waals surface area contributed by atoms with E-state index in [2.05, 4.69) is 20.5 Å². The predicted octanol–water partition coefficient (Wildman–Crippen LogP) is 7.23. The van der Waals surface area contributed by atoms with Crippen LogP contribution in [0.4, 0.5) is 4.79 Å². The smallest absolute Gasteiger partial charge is 0.350 e. The number of rotatable bonds is 4. The van der Waals surface area contributed by atoms with Crippen molar-refractivity contribution < 1.29 is 9.53 Å². The second-order valence-electron chi connectivity index (χ2n) is 7.95. The van der Waals surface area contributed by atoms with Gasteiger partial charge in [-0.25, -0.2) is 0 Å². The highest BCUT2D eigenvalue weighted by molar-refractivity contribution is 9.24. The van der Waals surface area contributed by atoms with Crippen LogP contribution in [0.25, 0.3) is 0 Å². The molecule has 3 aliphatic rings. The van der Waals surface area contributed by atoms with E-state index < -0.39 is 0 Å². The fourth-order valence-electron chi connectivity index (χ4n) is 5.08. The van der Waals surface area contributed by atoms with Crippen molar-refractivity contribution in [1.82, 2.24) is 0 Å². The number of methoxy groups -OCH3 is 1. The summed E-state index contributed by atoms with van der Waals surface area (Å²) in [6.07, 6.45) is 24.8. The normalized spacial score (nSPS) is 23.6. The van der Waals surface area contributed by atoms with Crippen LogP contribution in [0, 0.1) is 0 Å². The molecule has 3 saturated carbocycles. The molecule has 2 nitrogen and oxygen atoms in total. The molecular formula is C20H36BBrO2P. The summed E-state index contributed by atoms with van der Waals surface area (Å²) in [5, 5.41) is 0. The Labute approximate surface area is 165 Å². The molecular weight excluding hydrogens is 394 g/mol. The third-order valence-corrected chi connectivity index (χ3v) is 10.7. The molecule has 0 N–H and O–H groups in total. The second-order valence-corrected chi connectivity index (χ2v) is 11.5. The zero-order valence-electron chi connectivity index (χ0n) is 16.1. The van der Waals surface area contributed by atoms with Crippen LogP contribution >= 0.6 is 23.7 Å².